The topological polar surface area (TPSA) is 117 Å². The summed E-state index contributed by atoms with van der Waals surface area (Å²) < 4.78 is 11.2. The van der Waals surface area contributed by atoms with Crippen molar-refractivity contribution < 1.29 is 33.8 Å². The van der Waals surface area contributed by atoms with Gasteiger partial charge in [0.2, 0.25) is 23.6 Å². The molecule has 6 unspecified atom stereocenters. The molecular formula is C38H37N3O7. The monoisotopic (exact) mass is 647 g/mol. The first kappa shape index (κ1) is 30.4. The molecule has 2 aliphatic carbocycles. The van der Waals surface area contributed by atoms with E-state index in [-0.39, 0.29) is 35.8 Å². The second-order valence-electron chi connectivity index (χ2n) is 13.5. The van der Waals surface area contributed by atoms with Gasteiger partial charge in [0.05, 0.1) is 54.9 Å². The lowest BCUT2D eigenvalue weighted by Crippen LogP contribution is -2.49. The zero-order chi connectivity index (χ0) is 33.3. The Kier molecular flexibility index (Phi) is 7.17. The largest absolute Gasteiger partial charge is 0.508 e. The Morgan fingerprint density at radius 2 is 1.48 bits per heavy atom. The number of carbonyl (C=O) groups excluding carboxylic acids is 4. The van der Waals surface area contributed by atoms with Gasteiger partial charge >= 0.3 is 0 Å². The third kappa shape index (κ3) is 4.28. The minimum Gasteiger partial charge on any atom is -0.508 e. The summed E-state index contributed by atoms with van der Waals surface area (Å²) in [4.78, 5) is 62.2. The highest BCUT2D eigenvalue weighted by atomic mass is 16.5. The molecule has 3 saturated heterocycles. The minimum atomic E-state index is -1.28. The van der Waals surface area contributed by atoms with E-state index in [0.717, 1.165) is 24.4 Å². The van der Waals surface area contributed by atoms with E-state index in [2.05, 4.69) is 4.90 Å². The first-order valence-corrected chi connectivity index (χ1v) is 16.6. The molecule has 0 aromatic heterocycles. The number of para-hydroxylation sites is 1. The number of aromatic hydroxyl groups is 1. The van der Waals surface area contributed by atoms with Gasteiger partial charge in [0.15, 0.2) is 0 Å². The standard InChI is InChI=1S/C38H37N3O7/c1-38-28(35(44)41(37(38)46)23-7-4-3-5-8-23)21-27-25(33(38)32-29(42)9-6-10-30(32)47-2)15-16-26-31(27)36(45)40(34(26)43)24-13-11-22(12-14-24)39-17-19-48-20-18-39/h3-15,26-28,31,33,42H,16-21H2,1-2H3. The molecule has 6 atom stereocenters. The Balaban J connectivity index is 1.21. The molecule has 3 heterocycles. The molecule has 1 N–H and O–H groups in total. The molecular weight excluding hydrogens is 610 g/mol. The van der Waals surface area contributed by atoms with Gasteiger partial charge in [-0.05, 0) is 74.2 Å². The summed E-state index contributed by atoms with van der Waals surface area (Å²) in [7, 11) is 1.50. The maximum Gasteiger partial charge on any atom is 0.241 e. The number of rotatable bonds is 5. The average Bonchev–Trinajstić information content (AvgIpc) is 3.48. The molecule has 3 aromatic carbocycles. The third-order valence-corrected chi connectivity index (χ3v) is 11.3. The molecule has 10 nitrogen and oxygen atoms in total. The first-order chi connectivity index (χ1) is 23.3. The van der Waals surface area contributed by atoms with Crippen LogP contribution in [0.15, 0.2) is 84.4 Å². The quantitative estimate of drug-likeness (QED) is 0.314. The van der Waals surface area contributed by atoms with Gasteiger partial charge < -0.3 is 19.5 Å². The molecule has 10 heteroatoms. The SMILES string of the molecule is COc1cccc(O)c1C1C2=CCC3C(=O)N(c4ccc(N5CCOCC5)cc4)C(=O)C3C2CC2C(=O)N(c3ccccc3)C(=O)C21C. The number of fused-ring (bicyclic) bond motifs is 4. The Bertz CT molecular complexity index is 1850. The predicted molar refractivity (Wildman–Crippen MR) is 178 cm³/mol. The smallest absolute Gasteiger partial charge is 0.241 e. The highest BCUT2D eigenvalue weighted by Crippen LogP contribution is 2.65. The molecule has 5 aliphatic rings. The molecule has 8 rings (SSSR count). The van der Waals surface area contributed by atoms with Gasteiger partial charge in [0.25, 0.3) is 0 Å². The van der Waals surface area contributed by atoms with E-state index < -0.39 is 35.0 Å². The Labute approximate surface area is 278 Å². The number of hydrogen-bond donors (Lipinski definition) is 1. The second-order valence-corrected chi connectivity index (χ2v) is 13.5. The van der Waals surface area contributed by atoms with Gasteiger partial charge in [0.1, 0.15) is 11.5 Å². The zero-order valence-corrected chi connectivity index (χ0v) is 26.9. The third-order valence-electron chi connectivity index (χ3n) is 11.3. The summed E-state index contributed by atoms with van der Waals surface area (Å²) in [5, 5.41) is 11.4. The Hall–Kier alpha value is -4.96. The highest BCUT2D eigenvalue weighted by Gasteiger charge is 2.68. The summed E-state index contributed by atoms with van der Waals surface area (Å²) in [6.45, 7) is 4.64. The summed E-state index contributed by atoms with van der Waals surface area (Å²) in [6, 6.07) is 21.3. The lowest BCUT2D eigenvalue weighted by molar-refractivity contribution is -0.131. The van der Waals surface area contributed by atoms with Crippen molar-refractivity contribution in [3.63, 3.8) is 0 Å². The van der Waals surface area contributed by atoms with Gasteiger partial charge in [-0.25, -0.2) is 4.90 Å². The van der Waals surface area contributed by atoms with Crippen LogP contribution in [0.2, 0.25) is 0 Å². The Morgan fingerprint density at radius 1 is 0.792 bits per heavy atom. The fraction of sp³-hybridized carbons (Fsp3) is 0.368. The van der Waals surface area contributed by atoms with Crippen LogP contribution in [-0.2, 0) is 23.9 Å². The van der Waals surface area contributed by atoms with E-state index in [1.165, 1.54) is 16.9 Å². The van der Waals surface area contributed by atoms with E-state index in [1.807, 2.05) is 36.4 Å². The van der Waals surface area contributed by atoms with Crippen LogP contribution in [0, 0.1) is 29.1 Å². The molecule has 0 radical (unpaired) electrons. The number of carbonyl (C=O) groups is 4. The minimum absolute atomic E-state index is 0.0581. The number of phenols is 1. The van der Waals surface area contributed by atoms with Crippen molar-refractivity contribution in [3.05, 3.63) is 90.0 Å². The van der Waals surface area contributed by atoms with E-state index in [9.17, 15) is 24.3 Å². The van der Waals surface area contributed by atoms with Crippen LogP contribution in [0.25, 0.3) is 0 Å². The lowest BCUT2D eigenvalue weighted by atomic mass is 9.51. The number of morpholine rings is 1. The fourth-order valence-electron chi connectivity index (χ4n) is 9.04. The van der Waals surface area contributed by atoms with E-state index >= 15 is 0 Å². The summed E-state index contributed by atoms with van der Waals surface area (Å²) in [6.07, 6.45) is 2.51. The molecule has 0 spiro atoms. The summed E-state index contributed by atoms with van der Waals surface area (Å²) >= 11 is 0. The van der Waals surface area contributed by atoms with Crippen LogP contribution in [0.3, 0.4) is 0 Å². The maximum absolute atomic E-state index is 14.6. The fourth-order valence-corrected chi connectivity index (χ4v) is 9.04. The molecule has 4 amide bonds. The molecule has 3 aliphatic heterocycles. The van der Waals surface area contributed by atoms with E-state index in [4.69, 9.17) is 9.47 Å². The van der Waals surface area contributed by atoms with Crippen molar-refractivity contribution in [2.45, 2.75) is 25.7 Å². The number of ether oxygens (including phenoxy) is 2. The van der Waals surface area contributed by atoms with Crippen molar-refractivity contribution >= 4 is 40.7 Å². The van der Waals surface area contributed by atoms with Crippen LogP contribution in [0.5, 0.6) is 11.5 Å². The van der Waals surface area contributed by atoms with E-state index in [1.54, 1.807) is 49.4 Å². The molecule has 3 aromatic rings. The van der Waals surface area contributed by atoms with Crippen molar-refractivity contribution in [1.29, 1.82) is 0 Å². The molecule has 1 saturated carbocycles. The number of methoxy groups -OCH3 is 1. The van der Waals surface area contributed by atoms with Gasteiger partial charge in [-0.3, -0.25) is 24.1 Å². The van der Waals surface area contributed by atoms with Gasteiger partial charge in [-0.2, -0.15) is 0 Å². The van der Waals surface area contributed by atoms with Gasteiger partial charge in [0, 0.05) is 30.3 Å². The summed E-state index contributed by atoms with van der Waals surface area (Å²) in [5.41, 5.74) is 1.90. The van der Waals surface area contributed by atoms with Crippen LogP contribution in [0.4, 0.5) is 17.1 Å². The number of phenolic OH excluding ortho intramolecular Hbond substituents is 1. The first-order valence-electron chi connectivity index (χ1n) is 16.6. The number of imide groups is 2. The van der Waals surface area contributed by atoms with Crippen LogP contribution in [0.1, 0.15) is 31.2 Å². The van der Waals surface area contributed by atoms with Crippen LogP contribution < -0.4 is 19.4 Å². The van der Waals surface area contributed by atoms with Crippen molar-refractivity contribution in [2.24, 2.45) is 29.1 Å². The molecule has 0 bridgehead atoms. The van der Waals surface area contributed by atoms with Gasteiger partial charge in [-0.1, -0.05) is 35.9 Å². The molecule has 48 heavy (non-hydrogen) atoms. The predicted octanol–water partition coefficient (Wildman–Crippen LogP) is 4.67. The van der Waals surface area contributed by atoms with Crippen LogP contribution in [-0.4, -0.2) is 62.1 Å². The highest BCUT2D eigenvalue weighted by molar-refractivity contribution is 6.25. The number of anilines is 3. The second kappa shape index (κ2) is 11.3. The number of benzene rings is 3. The lowest BCUT2D eigenvalue weighted by Gasteiger charge is -2.49. The number of hydrogen-bond acceptors (Lipinski definition) is 8. The normalized spacial score (nSPS) is 29.8. The Morgan fingerprint density at radius 3 is 2.19 bits per heavy atom. The average molecular weight is 648 g/mol. The van der Waals surface area contributed by atoms with Crippen LogP contribution >= 0.6 is 0 Å². The number of allylic oxidation sites excluding steroid dienone is 2. The maximum atomic E-state index is 14.6. The summed E-state index contributed by atoms with van der Waals surface area (Å²) in [5.74, 6) is -4.33. The molecule has 4 fully saturated rings. The zero-order valence-electron chi connectivity index (χ0n) is 26.9. The molecule has 246 valence electrons. The number of nitrogens with zero attached hydrogens (tertiary/aromatic N) is 3. The van der Waals surface area contributed by atoms with Crippen molar-refractivity contribution in [2.75, 3.05) is 48.1 Å². The van der Waals surface area contributed by atoms with Gasteiger partial charge in [-0.15, -0.1) is 0 Å². The van der Waals surface area contributed by atoms with Crippen molar-refractivity contribution in [3.8, 4) is 11.5 Å². The van der Waals surface area contributed by atoms with E-state index in [0.29, 0.717) is 42.3 Å². The number of amides is 4. The van der Waals surface area contributed by atoms with Crippen molar-refractivity contribution in [1.82, 2.24) is 0 Å².